The first-order chi connectivity index (χ1) is 17.5. The molecule has 0 unspecified atom stereocenters. The number of hydrogen-bond donors (Lipinski definition) is 3. The Morgan fingerprint density at radius 3 is 1.72 bits per heavy atom. The van der Waals surface area contributed by atoms with E-state index in [-0.39, 0.29) is 5.91 Å². The van der Waals surface area contributed by atoms with Crippen LogP contribution in [0.1, 0.15) is 122 Å². The number of aliphatic hydroxyl groups is 1. The monoisotopic (exact) mass is 500 g/mol. The highest BCUT2D eigenvalue weighted by atomic mass is 16.3. The molecule has 0 saturated heterocycles. The van der Waals surface area contributed by atoms with Crippen molar-refractivity contribution in [3.8, 4) is 0 Å². The first-order valence-corrected chi connectivity index (χ1v) is 14.5. The lowest BCUT2D eigenvalue weighted by atomic mass is 10.0. The molecule has 0 spiro atoms. The van der Waals surface area contributed by atoms with E-state index in [9.17, 15) is 14.7 Å². The SMILES string of the molecule is CCCCCCCCCCCCCCCCCCNC(=O)[C@@H](NC(=O)C=Cc1ccccc1)[C@@H](C)O. The molecular weight excluding hydrogens is 448 g/mol. The quantitative estimate of drug-likeness (QED) is 0.119. The highest BCUT2D eigenvalue weighted by Gasteiger charge is 2.24. The van der Waals surface area contributed by atoms with Crippen LogP contribution in [-0.4, -0.2) is 35.6 Å². The van der Waals surface area contributed by atoms with Crippen LogP contribution in [0.15, 0.2) is 36.4 Å². The fourth-order valence-electron chi connectivity index (χ4n) is 4.34. The summed E-state index contributed by atoms with van der Waals surface area (Å²) in [5, 5.41) is 15.4. The molecule has 1 rings (SSSR count). The standard InChI is InChI=1S/C31H52N2O3/c1-3-4-5-6-7-8-9-10-11-12-13-14-15-16-17-21-26-32-31(36)30(27(2)34)33-29(35)25-24-28-22-19-18-20-23-28/h18-20,22-25,27,30,34H,3-17,21,26H2,1-2H3,(H,32,36)(H,33,35)/t27-,30+/m1/s1. The number of aliphatic hydroxyl groups excluding tert-OH is 1. The molecule has 0 heterocycles. The normalized spacial score (nSPS) is 13.0. The Kier molecular flexibility index (Phi) is 19.6. The Morgan fingerprint density at radius 1 is 0.778 bits per heavy atom. The van der Waals surface area contributed by atoms with E-state index in [0.29, 0.717) is 6.54 Å². The number of benzene rings is 1. The van der Waals surface area contributed by atoms with Gasteiger partial charge in [0.25, 0.3) is 0 Å². The lowest BCUT2D eigenvalue weighted by molar-refractivity contribution is -0.129. The van der Waals surface area contributed by atoms with Gasteiger partial charge in [-0.05, 0) is 25.0 Å². The van der Waals surface area contributed by atoms with Crippen molar-refractivity contribution < 1.29 is 14.7 Å². The third-order valence-electron chi connectivity index (χ3n) is 6.62. The molecule has 5 nitrogen and oxygen atoms in total. The molecule has 5 heteroatoms. The van der Waals surface area contributed by atoms with Crippen LogP contribution in [0.4, 0.5) is 0 Å². The van der Waals surface area contributed by atoms with E-state index in [1.165, 1.54) is 103 Å². The van der Waals surface area contributed by atoms with Crippen LogP contribution in [0.5, 0.6) is 0 Å². The van der Waals surface area contributed by atoms with Crippen molar-refractivity contribution in [2.24, 2.45) is 0 Å². The molecule has 0 fully saturated rings. The van der Waals surface area contributed by atoms with Crippen LogP contribution in [0.2, 0.25) is 0 Å². The van der Waals surface area contributed by atoms with E-state index in [0.717, 1.165) is 18.4 Å². The second kappa shape index (κ2) is 22.1. The minimum atomic E-state index is -0.968. The number of unbranched alkanes of at least 4 members (excludes halogenated alkanes) is 15. The molecule has 204 valence electrons. The van der Waals surface area contributed by atoms with Gasteiger partial charge in [0, 0.05) is 12.6 Å². The zero-order chi connectivity index (χ0) is 26.3. The molecule has 1 aromatic rings. The minimum Gasteiger partial charge on any atom is -0.391 e. The second-order valence-corrected chi connectivity index (χ2v) is 10.1. The summed E-state index contributed by atoms with van der Waals surface area (Å²) in [4.78, 5) is 24.6. The van der Waals surface area contributed by atoms with Gasteiger partial charge in [-0.3, -0.25) is 9.59 Å². The number of rotatable bonds is 22. The van der Waals surface area contributed by atoms with Gasteiger partial charge in [-0.2, -0.15) is 0 Å². The molecule has 2 amide bonds. The summed E-state index contributed by atoms with van der Waals surface area (Å²) in [6, 6.07) is 8.51. The third kappa shape index (κ3) is 17.3. The summed E-state index contributed by atoms with van der Waals surface area (Å²) in [6.45, 7) is 4.35. The summed E-state index contributed by atoms with van der Waals surface area (Å²) in [5.41, 5.74) is 0.897. The molecule has 3 N–H and O–H groups in total. The van der Waals surface area contributed by atoms with E-state index in [1.807, 2.05) is 30.3 Å². The van der Waals surface area contributed by atoms with Gasteiger partial charge in [-0.25, -0.2) is 0 Å². The van der Waals surface area contributed by atoms with E-state index in [1.54, 1.807) is 6.08 Å². The van der Waals surface area contributed by atoms with Gasteiger partial charge in [-0.1, -0.05) is 134 Å². The molecular formula is C31H52N2O3. The van der Waals surface area contributed by atoms with Gasteiger partial charge in [-0.15, -0.1) is 0 Å². The maximum Gasteiger partial charge on any atom is 0.245 e. The molecule has 0 saturated carbocycles. The maximum atomic E-state index is 12.4. The number of carbonyl (C=O) groups excluding carboxylic acids is 2. The summed E-state index contributed by atoms with van der Waals surface area (Å²) in [7, 11) is 0. The van der Waals surface area contributed by atoms with Crippen molar-refractivity contribution in [2.45, 2.75) is 129 Å². The lowest BCUT2D eigenvalue weighted by Gasteiger charge is -2.20. The topological polar surface area (TPSA) is 78.4 Å². The Balaban J connectivity index is 2.02. The first-order valence-electron chi connectivity index (χ1n) is 14.5. The molecule has 1 aromatic carbocycles. The highest BCUT2D eigenvalue weighted by molar-refractivity contribution is 5.95. The zero-order valence-corrected chi connectivity index (χ0v) is 23.0. The van der Waals surface area contributed by atoms with Crippen molar-refractivity contribution in [3.05, 3.63) is 42.0 Å². The van der Waals surface area contributed by atoms with Gasteiger partial charge >= 0.3 is 0 Å². The fourth-order valence-corrected chi connectivity index (χ4v) is 4.34. The number of carbonyl (C=O) groups is 2. The number of hydrogen-bond acceptors (Lipinski definition) is 3. The molecule has 0 radical (unpaired) electrons. The predicted octanol–water partition coefficient (Wildman–Crippen LogP) is 6.94. The van der Waals surface area contributed by atoms with Crippen LogP contribution in [-0.2, 0) is 9.59 Å². The third-order valence-corrected chi connectivity index (χ3v) is 6.62. The Morgan fingerprint density at radius 2 is 1.25 bits per heavy atom. The average Bonchev–Trinajstić information content (AvgIpc) is 2.88. The number of nitrogens with one attached hydrogen (secondary N) is 2. The van der Waals surface area contributed by atoms with Crippen molar-refractivity contribution in [2.75, 3.05) is 6.54 Å². The van der Waals surface area contributed by atoms with Crippen molar-refractivity contribution >= 4 is 17.9 Å². The van der Waals surface area contributed by atoms with E-state index in [2.05, 4.69) is 17.6 Å². The summed E-state index contributed by atoms with van der Waals surface area (Å²) in [5.74, 6) is -0.741. The van der Waals surface area contributed by atoms with E-state index >= 15 is 0 Å². The number of amides is 2. The smallest absolute Gasteiger partial charge is 0.245 e. The van der Waals surface area contributed by atoms with Gasteiger partial charge in [0.1, 0.15) is 6.04 Å². The van der Waals surface area contributed by atoms with E-state index in [4.69, 9.17) is 0 Å². The summed E-state index contributed by atoms with van der Waals surface area (Å²) < 4.78 is 0. The molecule has 2 atom stereocenters. The largest absolute Gasteiger partial charge is 0.391 e. The molecule has 0 bridgehead atoms. The maximum absolute atomic E-state index is 12.4. The molecule has 0 aliphatic heterocycles. The molecule has 36 heavy (non-hydrogen) atoms. The van der Waals surface area contributed by atoms with Gasteiger partial charge in [0.05, 0.1) is 6.10 Å². The van der Waals surface area contributed by atoms with Gasteiger partial charge in [0.2, 0.25) is 11.8 Å². The fraction of sp³-hybridized carbons (Fsp3) is 0.677. The van der Waals surface area contributed by atoms with Crippen LogP contribution < -0.4 is 10.6 Å². The Bertz CT molecular complexity index is 703. The van der Waals surface area contributed by atoms with Crippen molar-refractivity contribution in [3.63, 3.8) is 0 Å². The van der Waals surface area contributed by atoms with Crippen molar-refractivity contribution in [1.29, 1.82) is 0 Å². The van der Waals surface area contributed by atoms with Crippen LogP contribution in [0.25, 0.3) is 6.08 Å². The van der Waals surface area contributed by atoms with E-state index < -0.39 is 18.1 Å². The Hall–Kier alpha value is -2.14. The predicted molar refractivity (Wildman–Crippen MR) is 152 cm³/mol. The lowest BCUT2D eigenvalue weighted by Crippen LogP contribution is -2.52. The average molecular weight is 501 g/mol. The zero-order valence-electron chi connectivity index (χ0n) is 23.0. The van der Waals surface area contributed by atoms with Gasteiger partial charge < -0.3 is 15.7 Å². The van der Waals surface area contributed by atoms with Crippen molar-refractivity contribution in [1.82, 2.24) is 10.6 Å². The first kappa shape index (κ1) is 31.9. The minimum absolute atomic E-state index is 0.340. The highest BCUT2D eigenvalue weighted by Crippen LogP contribution is 2.13. The molecule has 0 aliphatic carbocycles. The summed E-state index contributed by atoms with van der Waals surface area (Å²) >= 11 is 0. The van der Waals surface area contributed by atoms with Crippen LogP contribution >= 0.6 is 0 Å². The van der Waals surface area contributed by atoms with Gasteiger partial charge in [0.15, 0.2) is 0 Å². The second-order valence-electron chi connectivity index (χ2n) is 10.1. The molecule has 0 aliphatic rings. The Labute approximate surface area is 220 Å². The van der Waals surface area contributed by atoms with Crippen LogP contribution in [0.3, 0.4) is 0 Å². The van der Waals surface area contributed by atoms with Crippen LogP contribution in [0, 0.1) is 0 Å². The molecule has 0 aromatic heterocycles. The summed E-state index contributed by atoms with van der Waals surface area (Å²) in [6.07, 6.45) is 23.1.